The molecule has 4 aromatic rings. The number of aromatic nitrogens is 3. The van der Waals surface area contributed by atoms with Gasteiger partial charge in [0.25, 0.3) is 5.56 Å². The fraction of sp³-hybridized carbons (Fsp3) is 0.136. The van der Waals surface area contributed by atoms with Gasteiger partial charge in [0.2, 0.25) is 0 Å². The van der Waals surface area contributed by atoms with Gasteiger partial charge in [-0.15, -0.1) is 0 Å². The van der Waals surface area contributed by atoms with Crippen molar-refractivity contribution in [3.63, 3.8) is 0 Å². The first kappa shape index (κ1) is 20.5. The van der Waals surface area contributed by atoms with Crippen LogP contribution in [-0.2, 0) is 11.3 Å². The number of hydrogen-bond donors (Lipinski definition) is 3. The normalized spacial score (nSPS) is 11.2. The zero-order chi connectivity index (χ0) is 22.3. The molecule has 0 fully saturated rings. The Kier molecular flexibility index (Phi) is 5.16. The van der Waals surface area contributed by atoms with E-state index in [2.05, 4.69) is 4.98 Å². The molecule has 2 heterocycles. The van der Waals surface area contributed by atoms with Crippen molar-refractivity contribution in [3.8, 4) is 22.6 Å². The highest BCUT2D eigenvalue weighted by Gasteiger charge is 2.17. The number of nitrogens with one attached hydrogen (secondary N) is 1. The lowest BCUT2D eigenvalue weighted by Gasteiger charge is -2.11. The van der Waals surface area contributed by atoms with Crippen molar-refractivity contribution >= 4 is 28.6 Å². The van der Waals surface area contributed by atoms with Gasteiger partial charge in [0.15, 0.2) is 0 Å². The molecule has 4 rings (SSSR count). The highest BCUT2D eigenvalue weighted by molar-refractivity contribution is 6.31. The van der Waals surface area contributed by atoms with Crippen LogP contribution in [0.2, 0.25) is 5.15 Å². The fourth-order valence-corrected chi connectivity index (χ4v) is 3.82. The molecule has 2 aromatic heterocycles. The number of aliphatic carboxylic acids is 1. The number of fused-ring (bicyclic) bond motifs is 1. The molecule has 0 saturated carbocycles. The summed E-state index contributed by atoms with van der Waals surface area (Å²) in [6.45, 7) is 1.56. The molecule has 0 atom stereocenters. The summed E-state index contributed by atoms with van der Waals surface area (Å²) >= 11 is 6.37. The molecule has 8 nitrogen and oxygen atoms in total. The van der Waals surface area contributed by atoms with E-state index in [-0.39, 0.29) is 34.9 Å². The molecule has 0 aliphatic heterocycles. The van der Waals surface area contributed by atoms with Gasteiger partial charge in [0.05, 0.1) is 11.9 Å². The lowest BCUT2D eigenvalue weighted by Crippen LogP contribution is -2.36. The summed E-state index contributed by atoms with van der Waals surface area (Å²) in [6.07, 6.45) is -0.363. The van der Waals surface area contributed by atoms with Gasteiger partial charge in [-0.05, 0) is 36.2 Å². The number of aryl methyl sites for hydroxylation is 1. The monoisotopic (exact) mass is 439 g/mol. The Morgan fingerprint density at radius 1 is 1.13 bits per heavy atom. The fourth-order valence-electron chi connectivity index (χ4n) is 3.53. The zero-order valence-corrected chi connectivity index (χ0v) is 17.2. The Balaban J connectivity index is 1.84. The number of phenols is 1. The quantitative estimate of drug-likeness (QED) is 0.441. The Bertz CT molecular complexity index is 1430. The Morgan fingerprint density at radius 3 is 2.52 bits per heavy atom. The summed E-state index contributed by atoms with van der Waals surface area (Å²) in [6, 6.07) is 14.0. The van der Waals surface area contributed by atoms with E-state index in [0.717, 1.165) is 15.7 Å². The van der Waals surface area contributed by atoms with E-state index in [9.17, 15) is 19.5 Å². The first-order valence-corrected chi connectivity index (χ1v) is 9.81. The number of carboxylic acids is 1. The molecule has 0 saturated heterocycles. The minimum atomic E-state index is -1.12. The lowest BCUT2D eigenvalue weighted by molar-refractivity contribution is -0.137. The maximum atomic E-state index is 13.0. The first-order valence-electron chi connectivity index (χ1n) is 9.43. The van der Waals surface area contributed by atoms with Crippen LogP contribution in [0.5, 0.6) is 5.75 Å². The number of carbonyl (C=O) groups is 1. The molecule has 0 unspecified atom stereocenters. The Hall–Kier alpha value is -3.78. The number of halogens is 1. The number of carboxylic acid groups (broad SMARTS) is 1. The molecule has 0 aliphatic carbocycles. The van der Waals surface area contributed by atoms with Crippen molar-refractivity contribution in [2.75, 3.05) is 0 Å². The number of aromatic amines is 1. The number of aromatic hydroxyl groups is 1. The molecule has 3 N–H and O–H groups in total. The highest BCUT2D eigenvalue weighted by Crippen LogP contribution is 2.33. The van der Waals surface area contributed by atoms with Crippen LogP contribution in [0.15, 0.2) is 58.1 Å². The van der Waals surface area contributed by atoms with Crippen LogP contribution in [0, 0.1) is 6.92 Å². The molecule has 0 aliphatic rings. The lowest BCUT2D eigenvalue weighted by atomic mass is 10.0. The van der Waals surface area contributed by atoms with Crippen molar-refractivity contribution in [1.82, 2.24) is 14.1 Å². The summed E-state index contributed by atoms with van der Waals surface area (Å²) in [5.74, 6) is -0.923. The van der Waals surface area contributed by atoms with Crippen molar-refractivity contribution < 1.29 is 15.0 Å². The largest absolute Gasteiger partial charge is 0.507 e. The number of H-pyrrole nitrogens is 1. The van der Waals surface area contributed by atoms with Gasteiger partial charge in [0, 0.05) is 17.8 Å². The van der Waals surface area contributed by atoms with Crippen LogP contribution in [0.4, 0.5) is 0 Å². The van der Waals surface area contributed by atoms with E-state index in [1.54, 1.807) is 30.3 Å². The van der Waals surface area contributed by atoms with E-state index in [1.807, 2.05) is 19.1 Å². The third kappa shape index (κ3) is 3.62. The standard InChI is InChI=1S/C22H18ClN3O5/c1-12-3-2-4-15(20(12)29)13-5-7-14(8-6-13)26-17(23)11-16-19(26)21(30)25(22(31)24-16)10-9-18(27)28/h2-8,11,29H,9-10H2,1H3,(H,24,31)(H,27,28). The van der Waals surface area contributed by atoms with Gasteiger partial charge in [0.1, 0.15) is 16.4 Å². The summed E-state index contributed by atoms with van der Waals surface area (Å²) in [7, 11) is 0. The van der Waals surface area contributed by atoms with Crippen LogP contribution in [0.3, 0.4) is 0 Å². The molecule has 0 spiro atoms. The van der Waals surface area contributed by atoms with E-state index >= 15 is 0 Å². The second kappa shape index (κ2) is 7.81. The number of rotatable bonds is 5. The van der Waals surface area contributed by atoms with Gasteiger partial charge < -0.3 is 15.2 Å². The van der Waals surface area contributed by atoms with Crippen LogP contribution >= 0.6 is 11.6 Å². The predicted octanol–water partition coefficient (Wildman–Crippen LogP) is 3.29. The van der Waals surface area contributed by atoms with E-state index < -0.39 is 17.2 Å². The molecule has 2 aromatic carbocycles. The van der Waals surface area contributed by atoms with Crippen molar-refractivity contribution in [3.05, 3.63) is 80.1 Å². The van der Waals surface area contributed by atoms with Crippen molar-refractivity contribution in [2.45, 2.75) is 19.9 Å². The number of benzene rings is 2. The minimum absolute atomic E-state index is 0.140. The number of nitrogens with zero attached hydrogens (tertiary/aromatic N) is 2. The smallest absolute Gasteiger partial charge is 0.328 e. The maximum Gasteiger partial charge on any atom is 0.328 e. The van der Waals surface area contributed by atoms with Gasteiger partial charge >= 0.3 is 11.7 Å². The van der Waals surface area contributed by atoms with Crippen LogP contribution in [0.25, 0.3) is 27.8 Å². The van der Waals surface area contributed by atoms with Gasteiger partial charge in [-0.25, -0.2) is 4.79 Å². The van der Waals surface area contributed by atoms with E-state index in [4.69, 9.17) is 16.7 Å². The molecule has 9 heteroatoms. The average molecular weight is 440 g/mol. The second-order valence-electron chi connectivity index (χ2n) is 7.11. The van der Waals surface area contributed by atoms with Gasteiger partial charge in [-0.1, -0.05) is 41.9 Å². The molecular weight excluding hydrogens is 422 g/mol. The van der Waals surface area contributed by atoms with Crippen LogP contribution in [-0.4, -0.2) is 30.3 Å². The number of para-hydroxylation sites is 1. The summed E-state index contributed by atoms with van der Waals surface area (Å²) in [5, 5.41) is 19.4. The molecular formula is C22H18ClN3O5. The SMILES string of the molecule is Cc1cccc(-c2ccc(-n3c(Cl)cc4[nH]c(=O)n(CCC(=O)O)c(=O)c43)cc2)c1O. The maximum absolute atomic E-state index is 13.0. The number of hydrogen-bond acceptors (Lipinski definition) is 4. The average Bonchev–Trinajstić information content (AvgIpc) is 3.05. The highest BCUT2D eigenvalue weighted by atomic mass is 35.5. The zero-order valence-electron chi connectivity index (χ0n) is 16.4. The molecule has 0 radical (unpaired) electrons. The molecule has 31 heavy (non-hydrogen) atoms. The Labute approximate surface area is 180 Å². The van der Waals surface area contributed by atoms with Crippen molar-refractivity contribution in [1.29, 1.82) is 0 Å². The van der Waals surface area contributed by atoms with Crippen LogP contribution < -0.4 is 11.2 Å². The third-order valence-electron chi connectivity index (χ3n) is 5.11. The summed E-state index contributed by atoms with van der Waals surface area (Å²) < 4.78 is 2.34. The third-order valence-corrected chi connectivity index (χ3v) is 5.39. The van der Waals surface area contributed by atoms with Crippen LogP contribution in [0.1, 0.15) is 12.0 Å². The van der Waals surface area contributed by atoms with Gasteiger partial charge in [-0.2, -0.15) is 0 Å². The van der Waals surface area contributed by atoms with Gasteiger partial charge in [-0.3, -0.25) is 18.7 Å². The minimum Gasteiger partial charge on any atom is -0.507 e. The number of phenolic OH excluding ortho intramolecular Hbond substituents is 1. The van der Waals surface area contributed by atoms with Crippen molar-refractivity contribution in [2.24, 2.45) is 0 Å². The first-order chi connectivity index (χ1) is 14.8. The predicted molar refractivity (Wildman–Crippen MR) is 117 cm³/mol. The second-order valence-corrected chi connectivity index (χ2v) is 7.50. The van der Waals surface area contributed by atoms with E-state index in [0.29, 0.717) is 11.3 Å². The Morgan fingerprint density at radius 2 is 1.84 bits per heavy atom. The van der Waals surface area contributed by atoms with E-state index in [1.165, 1.54) is 10.6 Å². The topological polar surface area (TPSA) is 117 Å². The molecule has 158 valence electrons. The summed E-state index contributed by atoms with van der Waals surface area (Å²) in [4.78, 5) is 38.7. The molecule has 0 amide bonds. The molecule has 0 bridgehead atoms. The summed E-state index contributed by atoms with van der Waals surface area (Å²) in [5.41, 5.74) is 1.86.